The third kappa shape index (κ3) is 4.17. The van der Waals surface area contributed by atoms with Crippen molar-refractivity contribution in [1.82, 2.24) is 4.90 Å². The van der Waals surface area contributed by atoms with E-state index in [4.69, 9.17) is 17.0 Å². The van der Waals surface area contributed by atoms with Crippen LogP contribution in [0.15, 0.2) is 18.2 Å². The van der Waals surface area contributed by atoms with Gasteiger partial charge in [-0.3, -0.25) is 4.79 Å². The van der Waals surface area contributed by atoms with Crippen molar-refractivity contribution in [2.45, 2.75) is 26.7 Å². The van der Waals surface area contributed by atoms with E-state index in [1.165, 1.54) is 18.2 Å². The van der Waals surface area contributed by atoms with Crippen molar-refractivity contribution < 1.29 is 9.53 Å². The van der Waals surface area contributed by atoms with Crippen molar-refractivity contribution in [2.24, 2.45) is 5.92 Å². The number of thiocarbonyl (C=S) groups is 1. The molecule has 21 heavy (non-hydrogen) atoms. The van der Waals surface area contributed by atoms with E-state index in [2.05, 4.69) is 42.3 Å². The molecule has 1 fully saturated rings. The molecule has 0 radical (unpaired) electrons. The van der Waals surface area contributed by atoms with Gasteiger partial charge in [0.05, 0.1) is 13.0 Å². The molecule has 0 atom stereocenters. The summed E-state index contributed by atoms with van der Waals surface area (Å²) in [6.45, 7) is 5.72. The van der Waals surface area contributed by atoms with E-state index in [9.17, 15) is 4.79 Å². The number of ether oxygens (including phenoxy) is 1. The zero-order valence-electron chi connectivity index (χ0n) is 12.8. The first kappa shape index (κ1) is 15.8. The van der Waals surface area contributed by atoms with Crippen LogP contribution in [0, 0.1) is 19.8 Å². The van der Waals surface area contributed by atoms with Gasteiger partial charge in [0.15, 0.2) is 5.11 Å². The molecule has 0 aromatic heterocycles. The first-order chi connectivity index (χ1) is 9.99. The molecule has 0 unspecified atom stereocenters. The van der Waals surface area contributed by atoms with Crippen LogP contribution in [-0.2, 0) is 9.53 Å². The minimum absolute atomic E-state index is 0.00950. The summed E-state index contributed by atoms with van der Waals surface area (Å²) >= 11 is 5.47. The first-order valence-corrected chi connectivity index (χ1v) is 7.62. The van der Waals surface area contributed by atoms with Gasteiger partial charge in [-0.2, -0.15) is 0 Å². The lowest BCUT2D eigenvalue weighted by Crippen LogP contribution is -2.42. The molecule has 0 saturated carbocycles. The zero-order valence-corrected chi connectivity index (χ0v) is 13.6. The van der Waals surface area contributed by atoms with Crippen LogP contribution in [0.5, 0.6) is 0 Å². The highest BCUT2D eigenvalue weighted by Crippen LogP contribution is 2.20. The lowest BCUT2D eigenvalue weighted by Gasteiger charge is -2.32. The average molecular weight is 306 g/mol. The van der Waals surface area contributed by atoms with E-state index >= 15 is 0 Å². The van der Waals surface area contributed by atoms with Gasteiger partial charge in [-0.15, -0.1) is 0 Å². The Kier molecular flexibility index (Phi) is 5.17. The average Bonchev–Trinajstić information content (AvgIpc) is 2.45. The molecule has 4 nitrogen and oxygen atoms in total. The van der Waals surface area contributed by atoms with Gasteiger partial charge < -0.3 is 15.0 Å². The van der Waals surface area contributed by atoms with Gasteiger partial charge >= 0.3 is 5.97 Å². The maximum Gasteiger partial charge on any atom is 0.308 e. The number of carbonyl (C=O) groups excluding carboxylic acids is 1. The third-order valence-corrected chi connectivity index (χ3v) is 4.15. The van der Waals surface area contributed by atoms with Crippen molar-refractivity contribution in [3.8, 4) is 0 Å². The summed E-state index contributed by atoms with van der Waals surface area (Å²) in [6.07, 6.45) is 1.59. The Morgan fingerprint density at radius 2 is 1.81 bits per heavy atom. The highest BCUT2D eigenvalue weighted by Gasteiger charge is 2.26. The van der Waals surface area contributed by atoms with Gasteiger partial charge in [0.25, 0.3) is 0 Å². The molecule has 5 heteroatoms. The normalized spacial score (nSPS) is 15.7. The number of methoxy groups -OCH3 is 1. The second-order valence-electron chi connectivity index (χ2n) is 5.59. The van der Waals surface area contributed by atoms with E-state index in [1.807, 2.05) is 0 Å². The van der Waals surface area contributed by atoms with Gasteiger partial charge in [-0.1, -0.05) is 6.07 Å². The largest absolute Gasteiger partial charge is 0.469 e. The number of nitrogens with one attached hydrogen (secondary N) is 1. The molecule has 1 aromatic carbocycles. The van der Waals surface area contributed by atoms with Crippen LogP contribution in [0.3, 0.4) is 0 Å². The van der Waals surface area contributed by atoms with Crippen molar-refractivity contribution >= 4 is 29.0 Å². The fourth-order valence-electron chi connectivity index (χ4n) is 2.73. The van der Waals surface area contributed by atoms with Gasteiger partial charge in [0.2, 0.25) is 0 Å². The Hall–Kier alpha value is -1.62. The van der Waals surface area contributed by atoms with Crippen molar-refractivity contribution in [3.05, 3.63) is 29.3 Å². The predicted octanol–water partition coefficient (Wildman–Crippen LogP) is 2.89. The third-order valence-electron chi connectivity index (χ3n) is 3.79. The maximum atomic E-state index is 11.5. The Morgan fingerprint density at radius 3 is 2.33 bits per heavy atom. The number of hydrogen-bond acceptors (Lipinski definition) is 3. The van der Waals surface area contributed by atoms with E-state index in [0.29, 0.717) is 0 Å². The fraction of sp³-hybridized carbons (Fsp3) is 0.500. The lowest BCUT2D eigenvalue weighted by molar-refractivity contribution is -0.146. The number of hydrogen-bond donors (Lipinski definition) is 1. The van der Waals surface area contributed by atoms with Crippen molar-refractivity contribution in [1.29, 1.82) is 0 Å². The van der Waals surface area contributed by atoms with Crippen molar-refractivity contribution in [2.75, 3.05) is 25.5 Å². The Balaban J connectivity index is 1.91. The highest BCUT2D eigenvalue weighted by atomic mass is 32.1. The molecular weight excluding hydrogens is 284 g/mol. The molecule has 1 aliphatic rings. The summed E-state index contributed by atoms with van der Waals surface area (Å²) in [5, 5.41) is 4.02. The number of anilines is 1. The fourth-order valence-corrected chi connectivity index (χ4v) is 3.03. The number of carbonyl (C=O) groups is 1. The minimum Gasteiger partial charge on any atom is -0.469 e. The molecule has 0 spiro atoms. The Morgan fingerprint density at radius 1 is 1.24 bits per heavy atom. The molecule has 0 bridgehead atoms. The number of piperidine rings is 1. The quantitative estimate of drug-likeness (QED) is 0.672. The maximum absolute atomic E-state index is 11.5. The first-order valence-electron chi connectivity index (χ1n) is 7.21. The number of aryl methyl sites for hydroxylation is 2. The molecule has 0 amide bonds. The molecular formula is C16H22N2O2S. The van der Waals surface area contributed by atoms with Crippen molar-refractivity contribution in [3.63, 3.8) is 0 Å². The van der Waals surface area contributed by atoms with E-state index in [-0.39, 0.29) is 11.9 Å². The number of benzene rings is 1. The topological polar surface area (TPSA) is 41.6 Å². The Labute approximate surface area is 131 Å². The van der Waals surface area contributed by atoms with E-state index < -0.39 is 0 Å². The predicted molar refractivity (Wildman–Crippen MR) is 88.4 cm³/mol. The molecule has 2 rings (SSSR count). The molecule has 1 saturated heterocycles. The monoisotopic (exact) mass is 306 g/mol. The smallest absolute Gasteiger partial charge is 0.308 e. The molecule has 1 N–H and O–H groups in total. The summed E-state index contributed by atoms with van der Waals surface area (Å²) in [7, 11) is 1.45. The zero-order chi connectivity index (χ0) is 15.4. The van der Waals surface area contributed by atoms with Crippen LogP contribution in [0.1, 0.15) is 24.0 Å². The van der Waals surface area contributed by atoms with E-state index in [1.54, 1.807) is 0 Å². The van der Waals surface area contributed by atoms with Crippen LogP contribution >= 0.6 is 12.2 Å². The Bertz CT molecular complexity index is 517. The van der Waals surface area contributed by atoms with Crippen LogP contribution in [0.4, 0.5) is 5.69 Å². The number of rotatable bonds is 2. The summed E-state index contributed by atoms with van der Waals surface area (Å²) in [5.41, 5.74) is 3.45. The minimum atomic E-state index is -0.108. The van der Waals surface area contributed by atoms with Crippen LogP contribution < -0.4 is 5.32 Å². The lowest BCUT2D eigenvalue weighted by atomic mass is 9.97. The molecule has 0 aliphatic carbocycles. The summed E-state index contributed by atoms with van der Waals surface area (Å²) < 4.78 is 4.80. The van der Waals surface area contributed by atoms with Crippen LogP contribution in [-0.4, -0.2) is 36.2 Å². The summed E-state index contributed by atoms with van der Waals surface area (Å²) in [6, 6.07) is 6.30. The number of nitrogens with zero attached hydrogens (tertiary/aromatic N) is 1. The second-order valence-corrected chi connectivity index (χ2v) is 5.98. The SMILES string of the molecule is COC(=O)C1CCN(C(=S)Nc2cc(C)cc(C)c2)CC1. The summed E-state index contributed by atoms with van der Waals surface area (Å²) in [4.78, 5) is 13.6. The molecule has 1 aliphatic heterocycles. The molecule has 114 valence electrons. The molecule has 1 heterocycles. The second kappa shape index (κ2) is 6.89. The van der Waals surface area contributed by atoms with Gasteiger partial charge in [0, 0.05) is 18.8 Å². The van der Waals surface area contributed by atoms with Crippen LogP contribution in [0.25, 0.3) is 0 Å². The van der Waals surface area contributed by atoms with Crippen LogP contribution in [0.2, 0.25) is 0 Å². The number of likely N-dealkylation sites (tertiary alicyclic amines) is 1. The van der Waals surface area contributed by atoms with Gasteiger partial charge in [0.1, 0.15) is 0 Å². The van der Waals surface area contributed by atoms with Gasteiger partial charge in [-0.25, -0.2) is 0 Å². The van der Waals surface area contributed by atoms with E-state index in [0.717, 1.165) is 36.7 Å². The van der Waals surface area contributed by atoms with Gasteiger partial charge in [-0.05, 0) is 62.2 Å². The summed E-state index contributed by atoms with van der Waals surface area (Å²) in [5.74, 6) is -0.0990. The standard InChI is InChI=1S/C16H22N2O2S/c1-11-8-12(2)10-14(9-11)17-16(21)18-6-4-13(5-7-18)15(19)20-3/h8-10,13H,4-7H2,1-3H3,(H,17,21). The number of esters is 1. The highest BCUT2D eigenvalue weighted by molar-refractivity contribution is 7.80. The molecule has 1 aromatic rings.